The monoisotopic (exact) mass is 281 g/mol. The third kappa shape index (κ3) is 3.09. The highest BCUT2D eigenvalue weighted by Crippen LogP contribution is 2.27. The van der Waals surface area contributed by atoms with Gasteiger partial charge in [-0.15, -0.1) is 11.3 Å². The molecule has 5 heteroatoms. The van der Waals surface area contributed by atoms with Crippen LogP contribution in [0.1, 0.15) is 27.1 Å². The van der Waals surface area contributed by atoms with E-state index >= 15 is 0 Å². The first-order chi connectivity index (χ1) is 8.60. The van der Waals surface area contributed by atoms with Gasteiger partial charge >= 0.3 is 0 Å². The van der Waals surface area contributed by atoms with Gasteiger partial charge < -0.3 is 0 Å². The summed E-state index contributed by atoms with van der Waals surface area (Å²) in [5, 5.41) is 1.83. The largest absolute Gasteiger partial charge is 0.271 e. The third-order valence-corrected chi connectivity index (χ3v) is 4.19. The summed E-state index contributed by atoms with van der Waals surface area (Å²) in [6.45, 7) is 4.02. The van der Waals surface area contributed by atoms with Crippen LogP contribution in [0.3, 0.4) is 0 Å². The number of nitrogens with two attached hydrogens (primary N) is 1. The van der Waals surface area contributed by atoms with Gasteiger partial charge in [0.15, 0.2) is 0 Å². The minimum atomic E-state index is 0.0522. The van der Waals surface area contributed by atoms with E-state index in [1.807, 2.05) is 26.1 Å². The minimum absolute atomic E-state index is 0.0522. The van der Waals surface area contributed by atoms with Crippen molar-refractivity contribution >= 4 is 22.9 Å². The van der Waals surface area contributed by atoms with Gasteiger partial charge in [-0.1, -0.05) is 23.7 Å². The number of benzene rings is 1. The van der Waals surface area contributed by atoms with E-state index in [9.17, 15) is 0 Å². The second kappa shape index (κ2) is 5.80. The molecule has 1 atom stereocenters. The summed E-state index contributed by atoms with van der Waals surface area (Å²) in [5.74, 6) is 5.63. The van der Waals surface area contributed by atoms with Gasteiger partial charge in [0, 0.05) is 16.1 Å². The van der Waals surface area contributed by atoms with Gasteiger partial charge in [0.1, 0.15) is 0 Å². The molecule has 0 bridgehead atoms. The number of hydrogen-bond donors (Lipinski definition) is 2. The topological polar surface area (TPSA) is 50.9 Å². The van der Waals surface area contributed by atoms with Crippen molar-refractivity contribution in [2.45, 2.75) is 26.3 Å². The number of halogens is 1. The van der Waals surface area contributed by atoms with Crippen LogP contribution in [0, 0.1) is 13.8 Å². The van der Waals surface area contributed by atoms with Crippen molar-refractivity contribution in [2.24, 2.45) is 5.84 Å². The number of rotatable bonds is 4. The molecule has 1 unspecified atom stereocenters. The molecule has 3 N–H and O–H groups in total. The van der Waals surface area contributed by atoms with Crippen molar-refractivity contribution in [3.05, 3.63) is 50.4 Å². The molecule has 1 aromatic carbocycles. The number of nitrogens with zero attached hydrogens (tertiary/aromatic N) is 1. The first-order valence-electron chi connectivity index (χ1n) is 5.73. The molecule has 2 aromatic rings. The second-order valence-electron chi connectivity index (χ2n) is 4.30. The highest BCUT2D eigenvalue weighted by Gasteiger charge is 2.14. The van der Waals surface area contributed by atoms with E-state index < -0.39 is 0 Å². The fourth-order valence-electron chi connectivity index (χ4n) is 1.82. The number of thiazole rings is 1. The Hall–Kier alpha value is -0.940. The maximum absolute atomic E-state index is 6.24. The molecule has 0 saturated heterocycles. The SMILES string of the molecule is Cc1ccc(CC(NN)c2cnc(C)s2)c(Cl)c1. The molecule has 1 heterocycles. The first kappa shape index (κ1) is 13.5. The summed E-state index contributed by atoms with van der Waals surface area (Å²) >= 11 is 7.89. The number of aryl methyl sites for hydroxylation is 2. The van der Waals surface area contributed by atoms with E-state index in [1.165, 1.54) is 0 Å². The fraction of sp³-hybridized carbons (Fsp3) is 0.308. The zero-order valence-corrected chi connectivity index (χ0v) is 12.0. The quantitative estimate of drug-likeness (QED) is 0.669. The van der Waals surface area contributed by atoms with Gasteiger partial charge in [-0.3, -0.25) is 11.3 Å². The summed E-state index contributed by atoms with van der Waals surface area (Å²) in [7, 11) is 0. The molecular formula is C13H16ClN3S. The Kier molecular flexibility index (Phi) is 4.35. The van der Waals surface area contributed by atoms with Gasteiger partial charge in [-0.05, 0) is 37.5 Å². The molecular weight excluding hydrogens is 266 g/mol. The Balaban J connectivity index is 2.20. The lowest BCUT2D eigenvalue weighted by Gasteiger charge is -2.15. The summed E-state index contributed by atoms with van der Waals surface area (Å²) in [5.41, 5.74) is 5.09. The lowest BCUT2D eigenvalue weighted by Crippen LogP contribution is -2.29. The minimum Gasteiger partial charge on any atom is -0.271 e. The standard InChI is InChI=1S/C13H16ClN3S/c1-8-3-4-10(11(14)5-8)6-12(17-15)13-7-16-9(2)18-13/h3-5,7,12,17H,6,15H2,1-2H3. The molecule has 1 aromatic heterocycles. The predicted molar refractivity (Wildman–Crippen MR) is 76.8 cm³/mol. The van der Waals surface area contributed by atoms with Gasteiger partial charge in [-0.25, -0.2) is 4.98 Å². The maximum atomic E-state index is 6.24. The molecule has 0 saturated carbocycles. The number of hydrogen-bond acceptors (Lipinski definition) is 4. The van der Waals surface area contributed by atoms with E-state index in [0.717, 1.165) is 32.5 Å². The summed E-state index contributed by atoms with van der Waals surface area (Å²) < 4.78 is 0. The first-order valence-corrected chi connectivity index (χ1v) is 6.93. The van der Waals surface area contributed by atoms with E-state index in [0.29, 0.717) is 0 Å². The predicted octanol–water partition coefficient (Wildman–Crippen LogP) is 3.16. The summed E-state index contributed by atoms with van der Waals surface area (Å²) in [4.78, 5) is 5.38. The number of aromatic nitrogens is 1. The normalized spacial score (nSPS) is 12.7. The van der Waals surface area contributed by atoms with Gasteiger partial charge in [0.2, 0.25) is 0 Å². The summed E-state index contributed by atoms with van der Waals surface area (Å²) in [6, 6.07) is 6.14. The molecule has 0 radical (unpaired) electrons. The lowest BCUT2D eigenvalue weighted by atomic mass is 10.0. The molecule has 0 aliphatic rings. The van der Waals surface area contributed by atoms with E-state index in [-0.39, 0.29) is 6.04 Å². The number of nitrogens with one attached hydrogen (secondary N) is 1. The van der Waals surface area contributed by atoms with E-state index in [4.69, 9.17) is 17.4 Å². The van der Waals surface area contributed by atoms with Crippen molar-refractivity contribution in [3.8, 4) is 0 Å². The molecule has 0 fully saturated rings. The van der Waals surface area contributed by atoms with E-state index in [2.05, 4.69) is 22.5 Å². The number of hydrazine groups is 1. The van der Waals surface area contributed by atoms with Crippen molar-refractivity contribution in [1.82, 2.24) is 10.4 Å². The van der Waals surface area contributed by atoms with Crippen molar-refractivity contribution in [2.75, 3.05) is 0 Å². The fourth-order valence-corrected chi connectivity index (χ4v) is 2.98. The van der Waals surface area contributed by atoms with Crippen LogP contribution in [0.25, 0.3) is 0 Å². The van der Waals surface area contributed by atoms with Crippen LogP contribution >= 0.6 is 22.9 Å². The molecule has 0 aliphatic carbocycles. The van der Waals surface area contributed by atoms with Gasteiger partial charge in [-0.2, -0.15) is 0 Å². The van der Waals surface area contributed by atoms with Crippen LogP contribution in [0.4, 0.5) is 0 Å². The van der Waals surface area contributed by atoms with Crippen molar-refractivity contribution in [1.29, 1.82) is 0 Å². The molecule has 0 spiro atoms. The van der Waals surface area contributed by atoms with Gasteiger partial charge in [0.25, 0.3) is 0 Å². The smallest absolute Gasteiger partial charge is 0.0897 e. The highest BCUT2D eigenvalue weighted by molar-refractivity contribution is 7.11. The summed E-state index contributed by atoms with van der Waals surface area (Å²) in [6.07, 6.45) is 2.63. The van der Waals surface area contributed by atoms with Gasteiger partial charge in [0.05, 0.1) is 11.0 Å². The van der Waals surface area contributed by atoms with Crippen molar-refractivity contribution in [3.63, 3.8) is 0 Å². The van der Waals surface area contributed by atoms with Crippen LogP contribution in [-0.4, -0.2) is 4.98 Å². The Labute approximate surface area is 116 Å². The average molecular weight is 282 g/mol. The van der Waals surface area contributed by atoms with E-state index in [1.54, 1.807) is 11.3 Å². The Bertz CT molecular complexity index is 539. The maximum Gasteiger partial charge on any atom is 0.0897 e. The Morgan fingerprint density at radius 3 is 2.78 bits per heavy atom. The van der Waals surface area contributed by atoms with Crippen LogP contribution < -0.4 is 11.3 Å². The highest BCUT2D eigenvalue weighted by atomic mass is 35.5. The molecule has 0 amide bonds. The average Bonchev–Trinajstić information content (AvgIpc) is 2.75. The van der Waals surface area contributed by atoms with Crippen LogP contribution in [0.5, 0.6) is 0 Å². The second-order valence-corrected chi connectivity index (χ2v) is 5.97. The molecule has 3 nitrogen and oxygen atoms in total. The zero-order chi connectivity index (χ0) is 13.1. The molecule has 96 valence electrons. The van der Waals surface area contributed by atoms with Crippen molar-refractivity contribution < 1.29 is 0 Å². The zero-order valence-electron chi connectivity index (χ0n) is 10.4. The Morgan fingerprint density at radius 1 is 1.44 bits per heavy atom. The molecule has 2 rings (SSSR count). The van der Waals surface area contributed by atoms with Crippen LogP contribution in [0.15, 0.2) is 24.4 Å². The van der Waals surface area contributed by atoms with Crippen LogP contribution in [-0.2, 0) is 6.42 Å². The molecule has 18 heavy (non-hydrogen) atoms. The third-order valence-electron chi connectivity index (χ3n) is 2.82. The molecule has 0 aliphatic heterocycles. The van der Waals surface area contributed by atoms with Crippen LogP contribution in [0.2, 0.25) is 5.02 Å². The lowest BCUT2D eigenvalue weighted by molar-refractivity contribution is 0.560. The Morgan fingerprint density at radius 2 is 2.22 bits per heavy atom.